The van der Waals surface area contributed by atoms with Crippen LogP contribution in [-0.2, 0) is 30.9 Å². The first-order valence-corrected chi connectivity index (χ1v) is 9.00. The van der Waals surface area contributed by atoms with E-state index in [-0.39, 0.29) is 12.4 Å². The van der Waals surface area contributed by atoms with Gasteiger partial charge in [-0.1, -0.05) is 30.3 Å². The highest BCUT2D eigenvalue weighted by atomic mass is 32.2. The van der Waals surface area contributed by atoms with Gasteiger partial charge in [0.2, 0.25) is 0 Å². The van der Waals surface area contributed by atoms with Crippen LogP contribution in [0.2, 0.25) is 0 Å². The summed E-state index contributed by atoms with van der Waals surface area (Å²) in [6.45, 7) is -0.355. The third-order valence-corrected chi connectivity index (χ3v) is 5.18. The number of ether oxygens (including phenoxy) is 1. The summed E-state index contributed by atoms with van der Waals surface area (Å²) in [5, 5.41) is 9.44. The van der Waals surface area contributed by atoms with Gasteiger partial charge in [0.1, 0.15) is 18.0 Å². The summed E-state index contributed by atoms with van der Waals surface area (Å²) in [5.74, 6) is 0.135. The van der Waals surface area contributed by atoms with Crippen LogP contribution in [0.4, 0.5) is 5.82 Å². The molecule has 26 heavy (non-hydrogen) atoms. The Morgan fingerprint density at radius 2 is 1.96 bits per heavy atom. The molecule has 0 spiro atoms. The molecule has 1 aromatic heterocycles. The number of fused-ring (bicyclic) bond motifs is 1. The summed E-state index contributed by atoms with van der Waals surface area (Å²) in [6.07, 6.45) is -1.15. The van der Waals surface area contributed by atoms with Crippen LogP contribution in [0.15, 0.2) is 41.3 Å². The lowest BCUT2D eigenvalue weighted by Gasteiger charge is -2.19. The molecule has 9 nitrogen and oxygen atoms in total. The predicted molar refractivity (Wildman–Crippen MR) is 91.0 cm³/mol. The molecule has 2 aliphatic rings. The van der Waals surface area contributed by atoms with Gasteiger partial charge in [-0.3, -0.25) is 12.9 Å². The zero-order chi connectivity index (χ0) is 18.3. The van der Waals surface area contributed by atoms with E-state index in [0.29, 0.717) is 12.0 Å². The summed E-state index contributed by atoms with van der Waals surface area (Å²) < 4.78 is 28.8. The molecule has 0 aliphatic carbocycles. The van der Waals surface area contributed by atoms with E-state index in [9.17, 15) is 14.1 Å². The summed E-state index contributed by atoms with van der Waals surface area (Å²) in [6, 6.07) is 9.60. The summed E-state index contributed by atoms with van der Waals surface area (Å²) in [4.78, 5) is 16.2. The van der Waals surface area contributed by atoms with Gasteiger partial charge < -0.3 is 15.6 Å². The highest BCUT2D eigenvalue weighted by Crippen LogP contribution is 2.38. The third kappa shape index (κ3) is 3.06. The fourth-order valence-electron chi connectivity index (χ4n) is 3.16. The SMILES string of the molecule is Nc1nc(=O)n([C@@H]2O[C@H](CO)[C@H]3OS(=O)O[C@H]32)cc1Cc1ccccc1. The number of rotatable bonds is 4. The molecular weight excluding hydrogens is 362 g/mol. The van der Waals surface area contributed by atoms with E-state index in [0.717, 1.165) is 5.56 Å². The van der Waals surface area contributed by atoms with Gasteiger partial charge >= 0.3 is 17.1 Å². The Hall–Kier alpha value is -2.11. The number of anilines is 1. The number of nitrogens with two attached hydrogens (primary N) is 1. The van der Waals surface area contributed by atoms with Crippen LogP contribution in [-0.4, -0.2) is 43.8 Å². The van der Waals surface area contributed by atoms with Gasteiger partial charge in [0.15, 0.2) is 12.3 Å². The Morgan fingerprint density at radius 3 is 2.69 bits per heavy atom. The molecule has 0 bridgehead atoms. The smallest absolute Gasteiger partial charge is 0.351 e. The van der Waals surface area contributed by atoms with Gasteiger partial charge in [-0.2, -0.15) is 9.19 Å². The van der Waals surface area contributed by atoms with E-state index in [1.165, 1.54) is 4.57 Å². The van der Waals surface area contributed by atoms with E-state index in [4.69, 9.17) is 18.8 Å². The van der Waals surface area contributed by atoms with Crippen molar-refractivity contribution in [1.82, 2.24) is 9.55 Å². The van der Waals surface area contributed by atoms with Crippen LogP contribution >= 0.6 is 0 Å². The Balaban J connectivity index is 1.69. The molecule has 2 fully saturated rings. The number of aliphatic hydroxyl groups is 1. The van der Waals surface area contributed by atoms with Gasteiger partial charge in [-0.15, -0.1) is 0 Å². The van der Waals surface area contributed by atoms with Crippen molar-refractivity contribution in [3.8, 4) is 0 Å². The molecule has 2 aliphatic heterocycles. The van der Waals surface area contributed by atoms with Crippen LogP contribution in [0.3, 0.4) is 0 Å². The van der Waals surface area contributed by atoms with Gasteiger partial charge in [-0.05, 0) is 5.56 Å². The van der Waals surface area contributed by atoms with Crippen molar-refractivity contribution in [2.45, 2.75) is 31.0 Å². The number of hydrogen-bond acceptors (Lipinski definition) is 8. The first-order chi connectivity index (χ1) is 12.6. The van der Waals surface area contributed by atoms with Gasteiger partial charge in [0.25, 0.3) is 0 Å². The number of aliphatic hydroxyl groups excluding tert-OH is 1. The molecule has 5 atom stereocenters. The molecule has 0 amide bonds. The zero-order valence-corrected chi connectivity index (χ0v) is 14.4. The molecule has 1 aromatic carbocycles. The molecule has 10 heteroatoms. The maximum atomic E-state index is 12.4. The van der Waals surface area contributed by atoms with E-state index in [1.54, 1.807) is 6.20 Å². The van der Waals surface area contributed by atoms with Crippen molar-refractivity contribution in [2.75, 3.05) is 12.3 Å². The Labute approximate surface area is 151 Å². The summed E-state index contributed by atoms with van der Waals surface area (Å²) in [7, 11) is 0. The Morgan fingerprint density at radius 1 is 1.23 bits per heavy atom. The van der Waals surface area contributed by atoms with Crippen molar-refractivity contribution in [3.05, 3.63) is 58.1 Å². The fraction of sp³-hybridized carbons (Fsp3) is 0.375. The Kier molecular flexibility index (Phi) is 4.59. The summed E-state index contributed by atoms with van der Waals surface area (Å²) >= 11 is -1.95. The average Bonchev–Trinajstić information content (AvgIpc) is 3.15. The second-order valence-electron chi connectivity index (χ2n) is 6.08. The molecule has 1 unspecified atom stereocenters. The first-order valence-electron chi connectivity index (χ1n) is 8.00. The number of aromatic nitrogens is 2. The molecule has 0 radical (unpaired) electrons. The number of hydrogen-bond donors (Lipinski definition) is 2. The highest BCUT2D eigenvalue weighted by Gasteiger charge is 2.53. The lowest BCUT2D eigenvalue weighted by atomic mass is 10.1. The van der Waals surface area contributed by atoms with Crippen LogP contribution in [0.25, 0.3) is 0 Å². The van der Waals surface area contributed by atoms with Crippen LogP contribution in [0.5, 0.6) is 0 Å². The standard InChI is InChI=1S/C16H17N3O6S/c17-14-10(6-9-4-2-1-3-5-9)7-19(16(21)18-14)15-13-12(11(8-20)23-15)24-26(22)25-13/h1-5,7,11-13,15,20H,6,8H2,(H2,17,18,21)/t11-,12-,13-,15-,26?/m1/s1. The lowest BCUT2D eigenvalue weighted by Crippen LogP contribution is -2.35. The molecule has 2 aromatic rings. The monoisotopic (exact) mass is 379 g/mol. The van der Waals surface area contributed by atoms with Gasteiger partial charge in [0, 0.05) is 18.2 Å². The van der Waals surface area contributed by atoms with E-state index in [2.05, 4.69) is 4.98 Å². The fourth-order valence-corrected chi connectivity index (χ4v) is 4.00. The number of benzene rings is 1. The lowest BCUT2D eigenvalue weighted by molar-refractivity contribution is -0.0562. The average molecular weight is 379 g/mol. The number of nitrogens with zero attached hydrogens (tertiary/aromatic N) is 2. The molecule has 4 rings (SSSR count). The van der Waals surface area contributed by atoms with E-state index < -0.39 is 41.6 Å². The van der Waals surface area contributed by atoms with E-state index >= 15 is 0 Å². The quantitative estimate of drug-likeness (QED) is 0.740. The molecule has 0 saturated carbocycles. The van der Waals surface area contributed by atoms with Crippen molar-refractivity contribution < 1.29 is 22.4 Å². The van der Waals surface area contributed by atoms with Crippen molar-refractivity contribution in [2.24, 2.45) is 0 Å². The minimum atomic E-state index is -1.95. The number of nitrogen functional groups attached to an aromatic ring is 1. The van der Waals surface area contributed by atoms with Crippen molar-refractivity contribution in [1.29, 1.82) is 0 Å². The minimum absolute atomic E-state index is 0.135. The second-order valence-corrected chi connectivity index (χ2v) is 6.87. The van der Waals surface area contributed by atoms with Crippen LogP contribution in [0.1, 0.15) is 17.4 Å². The third-order valence-electron chi connectivity index (χ3n) is 4.42. The van der Waals surface area contributed by atoms with E-state index in [1.807, 2.05) is 30.3 Å². The second kappa shape index (κ2) is 6.89. The van der Waals surface area contributed by atoms with Crippen molar-refractivity contribution in [3.63, 3.8) is 0 Å². The topological polar surface area (TPSA) is 126 Å². The summed E-state index contributed by atoms with van der Waals surface area (Å²) in [5.41, 5.74) is 6.93. The van der Waals surface area contributed by atoms with Crippen molar-refractivity contribution >= 4 is 17.2 Å². The minimum Gasteiger partial charge on any atom is -0.394 e. The largest absolute Gasteiger partial charge is 0.394 e. The zero-order valence-electron chi connectivity index (χ0n) is 13.6. The molecule has 138 valence electrons. The normalized spacial score (nSPS) is 30.4. The molecule has 3 N–H and O–H groups in total. The molecule has 2 saturated heterocycles. The predicted octanol–water partition coefficient (Wildman–Crippen LogP) is -0.331. The maximum absolute atomic E-state index is 12.4. The maximum Gasteiger partial charge on any atom is 0.351 e. The molecule has 3 heterocycles. The molecular formula is C16H17N3O6S. The van der Waals surface area contributed by atoms with Crippen LogP contribution in [0, 0.1) is 0 Å². The Bertz CT molecular complexity index is 889. The van der Waals surface area contributed by atoms with Gasteiger partial charge in [0.05, 0.1) is 6.61 Å². The van der Waals surface area contributed by atoms with Gasteiger partial charge in [-0.25, -0.2) is 4.79 Å². The highest BCUT2D eigenvalue weighted by molar-refractivity contribution is 7.75. The van der Waals surface area contributed by atoms with Crippen LogP contribution < -0.4 is 11.4 Å². The first kappa shape index (κ1) is 17.3.